The Balaban J connectivity index is 1.63. The van der Waals surface area contributed by atoms with Crippen molar-refractivity contribution in [2.45, 2.75) is 33.4 Å². The van der Waals surface area contributed by atoms with Gasteiger partial charge in [0, 0.05) is 25.0 Å². The van der Waals surface area contributed by atoms with Crippen molar-refractivity contribution in [3.63, 3.8) is 0 Å². The van der Waals surface area contributed by atoms with E-state index in [0.29, 0.717) is 18.4 Å². The van der Waals surface area contributed by atoms with Crippen LogP contribution in [0.4, 0.5) is 0 Å². The third kappa shape index (κ3) is 3.13. The molecule has 134 valence electrons. The van der Waals surface area contributed by atoms with E-state index in [1.807, 2.05) is 26.8 Å². The Morgan fingerprint density at radius 1 is 1.17 bits per heavy atom. The number of piperidine rings is 1. The number of hydrogen-bond donors (Lipinski definition) is 2. The summed E-state index contributed by atoms with van der Waals surface area (Å²) in [5, 5.41) is 19.1. The summed E-state index contributed by atoms with van der Waals surface area (Å²) in [6.45, 7) is 9.56. The highest BCUT2D eigenvalue weighted by Crippen LogP contribution is 2.62. The van der Waals surface area contributed by atoms with Crippen LogP contribution in [0.25, 0.3) is 0 Å². The number of aliphatic hydroxyl groups is 2. The van der Waals surface area contributed by atoms with Crippen LogP contribution in [0.2, 0.25) is 0 Å². The topological polar surface area (TPSA) is 62.2 Å². The largest absolute Gasteiger partial charge is 0.490 e. The van der Waals surface area contributed by atoms with Crippen molar-refractivity contribution >= 4 is 0 Å². The number of rotatable bonds is 8. The van der Waals surface area contributed by atoms with Crippen molar-refractivity contribution in [3.05, 3.63) is 23.8 Å². The first-order valence-corrected chi connectivity index (χ1v) is 8.90. The molecule has 24 heavy (non-hydrogen) atoms. The van der Waals surface area contributed by atoms with E-state index in [-0.39, 0.29) is 24.7 Å². The molecule has 1 heterocycles. The first kappa shape index (κ1) is 17.5. The average molecular weight is 335 g/mol. The van der Waals surface area contributed by atoms with Gasteiger partial charge in [-0.1, -0.05) is 6.07 Å². The first-order chi connectivity index (χ1) is 11.5. The van der Waals surface area contributed by atoms with Crippen molar-refractivity contribution < 1.29 is 19.7 Å². The minimum absolute atomic E-state index is 0.0996. The van der Waals surface area contributed by atoms with E-state index in [9.17, 15) is 10.2 Å². The highest BCUT2D eigenvalue weighted by atomic mass is 16.5. The lowest BCUT2D eigenvalue weighted by Gasteiger charge is -2.24. The second-order valence-corrected chi connectivity index (χ2v) is 7.34. The van der Waals surface area contributed by atoms with Gasteiger partial charge in [-0.15, -0.1) is 0 Å². The van der Waals surface area contributed by atoms with Crippen LogP contribution in [0, 0.1) is 17.3 Å². The van der Waals surface area contributed by atoms with Crippen LogP contribution < -0.4 is 9.47 Å². The van der Waals surface area contributed by atoms with Gasteiger partial charge >= 0.3 is 0 Å². The molecule has 1 saturated carbocycles. The standard InChI is InChI=1S/C19H29NO4/c1-4-23-18-7-14(5-6-17(18)24-13(2)3)8-20-9-15-16(10-20)19(15,11-21)12-22/h5-7,13,15-16,21-22H,4,8-12H2,1-3H3. The Hall–Kier alpha value is -1.30. The lowest BCUT2D eigenvalue weighted by atomic mass is 10.0. The molecule has 2 fully saturated rings. The Bertz CT molecular complexity index is 556. The van der Waals surface area contributed by atoms with Crippen molar-refractivity contribution in [2.24, 2.45) is 17.3 Å². The van der Waals surface area contributed by atoms with Gasteiger partial charge in [0.15, 0.2) is 11.5 Å². The monoisotopic (exact) mass is 335 g/mol. The van der Waals surface area contributed by atoms with E-state index in [2.05, 4.69) is 17.0 Å². The van der Waals surface area contributed by atoms with Crippen molar-refractivity contribution in [1.29, 1.82) is 0 Å². The number of hydrogen-bond acceptors (Lipinski definition) is 5. The molecule has 1 aromatic rings. The average Bonchev–Trinajstić information content (AvgIpc) is 2.92. The fourth-order valence-electron chi connectivity index (χ4n) is 4.10. The molecule has 2 atom stereocenters. The molecular weight excluding hydrogens is 306 g/mol. The van der Waals surface area contributed by atoms with Gasteiger partial charge in [0.1, 0.15) is 0 Å². The summed E-state index contributed by atoms with van der Waals surface area (Å²) in [4.78, 5) is 2.40. The van der Waals surface area contributed by atoms with Gasteiger partial charge in [-0.25, -0.2) is 0 Å². The summed E-state index contributed by atoms with van der Waals surface area (Å²) < 4.78 is 11.5. The van der Waals surface area contributed by atoms with E-state index in [1.54, 1.807) is 0 Å². The molecule has 1 aliphatic carbocycles. The summed E-state index contributed by atoms with van der Waals surface area (Å²) in [7, 11) is 0. The van der Waals surface area contributed by atoms with Gasteiger partial charge in [0.2, 0.25) is 0 Å². The molecule has 1 saturated heterocycles. The third-order valence-electron chi connectivity index (χ3n) is 5.43. The van der Waals surface area contributed by atoms with Crippen LogP contribution in [0.3, 0.4) is 0 Å². The molecule has 0 radical (unpaired) electrons. The predicted octanol–water partition coefficient (Wildman–Crippen LogP) is 1.91. The molecule has 2 aliphatic rings. The quantitative estimate of drug-likeness (QED) is 0.760. The minimum atomic E-state index is -0.220. The minimum Gasteiger partial charge on any atom is -0.490 e. The molecule has 3 rings (SSSR count). The maximum absolute atomic E-state index is 9.53. The first-order valence-electron chi connectivity index (χ1n) is 8.90. The Morgan fingerprint density at radius 3 is 2.38 bits per heavy atom. The van der Waals surface area contributed by atoms with Crippen LogP contribution in [-0.2, 0) is 6.54 Å². The SMILES string of the molecule is CCOc1cc(CN2CC3C(C2)C3(CO)CO)ccc1OC(C)C. The summed E-state index contributed by atoms with van der Waals surface area (Å²) in [6, 6.07) is 6.15. The van der Waals surface area contributed by atoms with Gasteiger partial charge in [0.05, 0.1) is 25.9 Å². The fraction of sp³-hybridized carbons (Fsp3) is 0.684. The summed E-state index contributed by atoms with van der Waals surface area (Å²) in [5.41, 5.74) is 0.983. The van der Waals surface area contributed by atoms with Gasteiger partial charge in [0.25, 0.3) is 0 Å². The normalized spacial score (nSPS) is 24.9. The maximum atomic E-state index is 9.53. The second-order valence-electron chi connectivity index (χ2n) is 7.34. The molecule has 0 aromatic heterocycles. The highest BCUT2D eigenvalue weighted by Gasteiger charge is 2.67. The van der Waals surface area contributed by atoms with Crippen LogP contribution in [0.15, 0.2) is 18.2 Å². The molecule has 0 amide bonds. The Kier molecular flexibility index (Phi) is 5.04. The van der Waals surface area contributed by atoms with Crippen LogP contribution in [0.1, 0.15) is 26.3 Å². The molecular formula is C19H29NO4. The second kappa shape index (κ2) is 6.90. The number of benzene rings is 1. The van der Waals surface area contributed by atoms with E-state index in [0.717, 1.165) is 31.1 Å². The molecule has 0 bridgehead atoms. The van der Waals surface area contributed by atoms with E-state index < -0.39 is 0 Å². The molecule has 1 aliphatic heterocycles. The molecule has 0 spiro atoms. The maximum Gasteiger partial charge on any atom is 0.161 e. The third-order valence-corrected chi connectivity index (χ3v) is 5.43. The van der Waals surface area contributed by atoms with Crippen molar-refractivity contribution in [2.75, 3.05) is 32.9 Å². The smallest absolute Gasteiger partial charge is 0.161 e. The molecule has 1 aromatic carbocycles. The Labute approximate surface area is 144 Å². The van der Waals surface area contributed by atoms with E-state index >= 15 is 0 Å². The van der Waals surface area contributed by atoms with Gasteiger partial charge in [-0.2, -0.15) is 0 Å². The van der Waals surface area contributed by atoms with Crippen LogP contribution in [-0.4, -0.2) is 54.1 Å². The van der Waals surface area contributed by atoms with E-state index in [1.165, 1.54) is 5.56 Å². The zero-order chi connectivity index (χ0) is 17.3. The van der Waals surface area contributed by atoms with Gasteiger partial charge in [-0.3, -0.25) is 4.90 Å². The summed E-state index contributed by atoms with van der Waals surface area (Å²) >= 11 is 0. The lowest BCUT2D eigenvalue weighted by Crippen LogP contribution is -2.31. The summed E-state index contributed by atoms with van der Waals surface area (Å²) in [5.74, 6) is 2.46. The van der Waals surface area contributed by atoms with E-state index in [4.69, 9.17) is 9.47 Å². The van der Waals surface area contributed by atoms with Crippen molar-refractivity contribution in [1.82, 2.24) is 4.90 Å². The molecule has 5 nitrogen and oxygen atoms in total. The number of nitrogens with zero attached hydrogens (tertiary/aromatic N) is 1. The van der Waals surface area contributed by atoms with Crippen LogP contribution >= 0.6 is 0 Å². The predicted molar refractivity (Wildman–Crippen MR) is 92.2 cm³/mol. The van der Waals surface area contributed by atoms with Crippen LogP contribution in [0.5, 0.6) is 11.5 Å². The zero-order valence-corrected chi connectivity index (χ0v) is 14.9. The van der Waals surface area contributed by atoms with Gasteiger partial charge in [-0.05, 0) is 50.3 Å². The highest BCUT2D eigenvalue weighted by molar-refractivity contribution is 5.43. The summed E-state index contributed by atoms with van der Waals surface area (Å²) in [6.07, 6.45) is 0.117. The fourth-order valence-corrected chi connectivity index (χ4v) is 4.10. The lowest BCUT2D eigenvalue weighted by molar-refractivity contribution is 0.0868. The van der Waals surface area contributed by atoms with Gasteiger partial charge < -0.3 is 19.7 Å². The molecule has 2 unspecified atom stereocenters. The zero-order valence-electron chi connectivity index (χ0n) is 14.9. The number of likely N-dealkylation sites (tertiary alicyclic amines) is 1. The molecule has 2 N–H and O–H groups in total. The number of aliphatic hydroxyl groups excluding tert-OH is 2. The molecule has 5 heteroatoms. The number of ether oxygens (including phenoxy) is 2. The number of fused-ring (bicyclic) bond motifs is 1. The van der Waals surface area contributed by atoms with Crippen molar-refractivity contribution in [3.8, 4) is 11.5 Å². The Morgan fingerprint density at radius 2 is 1.83 bits per heavy atom.